The molecule has 1 aromatic heterocycles. The minimum atomic E-state index is 0.192. The Kier molecular flexibility index (Phi) is 5.68. The van der Waals surface area contributed by atoms with Gasteiger partial charge in [-0.25, -0.2) is 0 Å². The molecule has 0 radical (unpaired) electrons. The van der Waals surface area contributed by atoms with Gasteiger partial charge in [0.2, 0.25) is 0 Å². The van der Waals surface area contributed by atoms with Crippen LogP contribution in [0.2, 0.25) is 0 Å². The van der Waals surface area contributed by atoms with E-state index in [2.05, 4.69) is 30.3 Å². The molecule has 0 bridgehead atoms. The zero-order valence-corrected chi connectivity index (χ0v) is 10.1. The van der Waals surface area contributed by atoms with Crippen LogP contribution in [0.5, 0.6) is 0 Å². The van der Waals surface area contributed by atoms with E-state index in [-0.39, 0.29) is 6.04 Å². The highest BCUT2D eigenvalue weighted by molar-refractivity contribution is 7.99. The summed E-state index contributed by atoms with van der Waals surface area (Å²) in [6, 6.07) is 4.18. The lowest BCUT2D eigenvalue weighted by Gasteiger charge is -2.17. The monoisotopic (exact) mass is 225 g/mol. The molecule has 2 atom stereocenters. The molecule has 0 saturated carbocycles. The number of hydrogen-bond donors (Lipinski definition) is 2. The molecule has 1 heterocycles. The van der Waals surface area contributed by atoms with Gasteiger partial charge in [0.05, 0.1) is 6.04 Å². The molecule has 0 aliphatic rings. The molecule has 2 unspecified atom stereocenters. The van der Waals surface area contributed by atoms with E-state index in [9.17, 15) is 0 Å². The summed E-state index contributed by atoms with van der Waals surface area (Å²) in [5, 5.41) is 0.678. The Morgan fingerprint density at radius 1 is 1.60 bits per heavy atom. The number of rotatable bonds is 6. The minimum absolute atomic E-state index is 0.192. The molecule has 0 fully saturated rings. The van der Waals surface area contributed by atoms with Crippen molar-refractivity contribution in [2.45, 2.75) is 31.6 Å². The molecular formula is C11H19N3S. The molecule has 3 nitrogen and oxygen atoms in total. The van der Waals surface area contributed by atoms with E-state index in [1.807, 2.05) is 24.0 Å². The minimum Gasteiger partial charge on any atom is -0.271 e. The maximum Gasteiger partial charge on any atom is 0.0565 e. The van der Waals surface area contributed by atoms with Gasteiger partial charge in [0.15, 0.2) is 0 Å². The lowest BCUT2D eigenvalue weighted by atomic mass is 10.1. The fourth-order valence-electron chi connectivity index (χ4n) is 1.20. The van der Waals surface area contributed by atoms with Crippen LogP contribution in [0.4, 0.5) is 0 Å². The lowest BCUT2D eigenvalue weighted by Crippen LogP contribution is -2.30. The van der Waals surface area contributed by atoms with Crippen molar-refractivity contribution in [3.63, 3.8) is 0 Å². The topological polar surface area (TPSA) is 50.9 Å². The summed E-state index contributed by atoms with van der Waals surface area (Å²) in [4.78, 5) is 4.10. The number of thioether (sulfide) groups is 1. The molecule has 0 aromatic carbocycles. The number of pyridine rings is 1. The number of nitrogens with one attached hydrogen (secondary N) is 1. The second-order valence-corrected chi connectivity index (χ2v) is 5.03. The van der Waals surface area contributed by atoms with Crippen molar-refractivity contribution in [3.8, 4) is 0 Å². The highest BCUT2D eigenvalue weighted by Crippen LogP contribution is 2.21. The average molecular weight is 225 g/mol. The van der Waals surface area contributed by atoms with Crippen LogP contribution < -0.4 is 11.3 Å². The molecule has 0 aliphatic heterocycles. The van der Waals surface area contributed by atoms with Gasteiger partial charge in [-0.15, -0.1) is 0 Å². The van der Waals surface area contributed by atoms with Gasteiger partial charge >= 0.3 is 0 Å². The second-order valence-electron chi connectivity index (χ2n) is 3.56. The van der Waals surface area contributed by atoms with Gasteiger partial charge < -0.3 is 0 Å². The number of hydrazine groups is 1. The molecule has 0 saturated heterocycles. The Balaban J connectivity index is 2.50. The van der Waals surface area contributed by atoms with Gasteiger partial charge in [-0.05, 0) is 18.1 Å². The fourth-order valence-corrected chi connectivity index (χ4v) is 2.25. The van der Waals surface area contributed by atoms with E-state index >= 15 is 0 Å². The van der Waals surface area contributed by atoms with E-state index in [4.69, 9.17) is 5.84 Å². The maximum absolute atomic E-state index is 5.54. The van der Waals surface area contributed by atoms with Gasteiger partial charge in [0.25, 0.3) is 0 Å². The van der Waals surface area contributed by atoms with Crippen LogP contribution in [-0.2, 0) is 0 Å². The van der Waals surface area contributed by atoms with Crippen LogP contribution in [-0.4, -0.2) is 16.0 Å². The van der Waals surface area contributed by atoms with Crippen molar-refractivity contribution >= 4 is 11.8 Å². The van der Waals surface area contributed by atoms with Crippen molar-refractivity contribution in [2.75, 3.05) is 5.75 Å². The zero-order chi connectivity index (χ0) is 11.1. The summed E-state index contributed by atoms with van der Waals surface area (Å²) in [5.41, 5.74) is 3.99. The molecule has 0 amide bonds. The first kappa shape index (κ1) is 12.5. The SMILES string of the molecule is CCC(C)SCC(NN)c1cccnc1. The Bertz CT molecular complexity index is 266. The molecule has 1 rings (SSSR count). The van der Waals surface area contributed by atoms with E-state index in [1.54, 1.807) is 6.20 Å². The number of nitrogens with two attached hydrogens (primary N) is 1. The highest BCUT2D eigenvalue weighted by atomic mass is 32.2. The summed E-state index contributed by atoms with van der Waals surface area (Å²) >= 11 is 1.93. The normalized spacial score (nSPS) is 14.9. The van der Waals surface area contributed by atoms with Crippen LogP contribution in [0.1, 0.15) is 31.9 Å². The standard InChI is InChI=1S/C11H19N3S/c1-3-9(2)15-8-11(14-12)10-5-4-6-13-7-10/h4-7,9,11,14H,3,8,12H2,1-2H3. The predicted molar refractivity (Wildman–Crippen MR) is 66.5 cm³/mol. The van der Waals surface area contributed by atoms with Gasteiger partial charge in [-0.1, -0.05) is 19.9 Å². The predicted octanol–water partition coefficient (Wildman–Crippen LogP) is 2.12. The summed E-state index contributed by atoms with van der Waals surface area (Å²) < 4.78 is 0. The largest absolute Gasteiger partial charge is 0.271 e. The summed E-state index contributed by atoms with van der Waals surface area (Å²) in [7, 11) is 0. The molecule has 15 heavy (non-hydrogen) atoms. The molecule has 84 valence electrons. The van der Waals surface area contributed by atoms with E-state index in [1.165, 1.54) is 6.42 Å². The molecular weight excluding hydrogens is 206 g/mol. The molecule has 0 spiro atoms. The van der Waals surface area contributed by atoms with Gasteiger partial charge in [-0.3, -0.25) is 16.3 Å². The molecule has 1 aromatic rings. The van der Waals surface area contributed by atoms with Crippen molar-refractivity contribution in [2.24, 2.45) is 5.84 Å². The Morgan fingerprint density at radius 2 is 2.40 bits per heavy atom. The van der Waals surface area contributed by atoms with E-state index in [0.29, 0.717) is 5.25 Å². The molecule has 4 heteroatoms. The van der Waals surface area contributed by atoms with Crippen LogP contribution in [0.25, 0.3) is 0 Å². The van der Waals surface area contributed by atoms with Gasteiger partial charge in [-0.2, -0.15) is 11.8 Å². The van der Waals surface area contributed by atoms with Crippen LogP contribution in [0.15, 0.2) is 24.5 Å². The lowest BCUT2D eigenvalue weighted by molar-refractivity contribution is 0.607. The molecule has 0 aliphatic carbocycles. The van der Waals surface area contributed by atoms with Crippen molar-refractivity contribution in [1.29, 1.82) is 0 Å². The van der Waals surface area contributed by atoms with E-state index < -0.39 is 0 Å². The van der Waals surface area contributed by atoms with Gasteiger partial charge in [0, 0.05) is 23.4 Å². The summed E-state index contributed by atoms with van der Waals surface area (Å²) in [5.74, 6) is 6.52. The Morgan fingerprint density at radius 3 is 2.93 bits per heavy atom. The van der Waals surface area contributed by atoms with Crippen LogP contribution in [0, 0.1) is 0 Å². The van der Waals surface area contributed by atoms with Crippen molar-refractivity contribution < 1.29 is 0 Å². The first-order valence-corrected chi connectivity index (χ1v) is 6.30. The Hall–Kier alpha value is -0.580. The molecule has 3 N–H and O–H groups in total. The number of hydrogen-bond acceptors (Lipinski definition) is 4. The third-order valence-corrected chi connectivity index (χ3v) is 3.84. The van der Waals surface area contributed by atoms with E-state index in [0.717, 1.165) is 11.3 Å². The fraction of sp³-hybridized carbons (Fsp3) is 0.545. The second kappa shape index (κ2) is 6.82. The van der Waals surface area contributed by atoms with Crippen LogP contribution in [0.3, 0.4) is 0 Å². The number of nitrogens with zero attached hydrogens (tertiary/aromatic N) is 1. The van der Waals surface area contributed by atoms with Crippen molar-refractivity contribution in [3.05, 3.63) is 30.1 Å². The van der Waals surface area contributed by atoms with Crippen LogP contribution >= 0.6 is 11.8 Å². The number of aromatic nitrogens is 1. The summed E-state index contributed by atoms with van der Waals surface area (Å²) in [6.07, 6.45) is 4.83. The quantitative estimate of drug-likeness (QED) is 0.575. The first-order valence-electron chi connectivity index (χ1n) is 5.25. The Labute approximate surface area is 95.8 Å². The first-order chi connectivity index (χ1) is 7.27. The average Bonchev–Trinajstić information content (AvgIpc) is 2.31. The van der Waals surface area contributed by atoms with Gasteiger partial charge in [0.1, 0.15) is 0 Å². The maximum atomic E-state index is 5.54. The smallest absolute Gasteiger partial charge is 0.0565 e. The third-order valence-electron chi connectivity index (χ3n) is 2.41. The zero-order valence-electron chi connectivity index (χ0n) is 9.31. The third kappa shape index (κ3) is 4.20. The highest BCUT2D eigenvalue weighted by Gasteiger charge is 2.11. The summed E-state index contributed by atoms with van der Waals surface area (Å²) in [6.45, 7) is 4.44. The van der Waals surface area contributed by atoms with Crippen molar-refractivity contribution in [1.82, 2.24) is 10.4 Å².